The van der Waals surface area contributed by atoms with Crippen molar-refractivity contribution in [2.75, 3.05) is 6.54 Å². The van der Waals surface area contributed by atoms with Crippen LogP contribution in [0.2, 0.25) is 0 Å². The summed E-state index contributed by atoms with van der Waals surface area (Å²) < 4.78 is 0. The van der Waals surface area contributed by atoms with Gasteiger partial charge in [-0.1, -0.05) is 26.2 Å². The average molecular weight is 226 g/mol. The first-order chi connectivity index (χ1) is 7.63. The Bertz CT molecular complexity index is 214. The van der Waals surface area contributed by atoms with E-state index in [2.05, 4.69) is 24.5 Å². The second kappa shape index (κ2) is 6.89. The molecule has 2 atom stereocenters. The third-order valence-corrected chi connectivity index (χ3v) is 3.14. The van der Waals surface area contributed by atoms with Crippen LogP contribution < -0.4 is 10.6 Å². The number of nitrogens with one attached hydrogen (secondary N) is 2. The Morgan fingerprint density at radius 3 is 2.62 bits per heavy atom. The predicted molar refractivity (Wildman–Crippen MR) is 67.3 cm³/mol. The van der Waals surface area contributed by atoms with Gasteiger partial charge in [-0.15, -0.1) is 0 Å². The van der Waals surface area contributed by atoms with E-state index in [1.165, 1.54) is 19.3 Å². The van der Waals surface area contributed by atoms with Gasteiger partial charge in [0.05, 0.1) is 6.04 Å². The minimum Gasteiger partial charge on any atom is -0.355 e. The van der Waals surface area contributed by atoms with Gasteiger partial charge >= 0.3 is 0 Å². The summed E-state index contributed by atoms with van der Waals surface area (Å²) in [4.78, 5) is 11.7. The molecule has 3 nitrogen and oxygen atoms in total. The Morgan fingerprint density at radius 1 is 1.38 bits per heavy atom. The third kappa shape index (κ3) is 5.50. The molecule has 0 saturated heterocycles. The van der Waals surface area contributed by atoms with E-state index in [1.54, 1.807) is 0 Å². The van der Waals surface area contributed by atoms with Crippen LogP contribution in [0, 0.1) is 5.92 Å². The topological polar surface area (TPSA) is 41.1 Å². The Balaban J connectivity index is 2.11. The largest absolute Gasteiger partial charge is 0.355 e. The molecule has 0 aliphatic heterocycles. The fraction of sp³-hybridized carbons (Fsp3) is 0.923. The van der Waals surface area contributed by atoms with E-state index in [4.69, 9.17) is 0 Å². The first kappa shape index (κ1) is 13.5. The van der Waals surface area contributed by atoms with Crippen molar-refractivity contribution >= 4 is 5.91 Å². The SMILES string of the molecule is CCCCNC(=O)C(C)NC(C)CC1CC1. The minimum absolute atomic E-state index is 0.0643. The van der Waals surface area contributed by atoms with Crippen LogP contribution >= 0.6 is 0 Å². The van der Waals surface area contributed by atoms with Gasteiger partial charge in [-0.25, -0.2) is 0 Å². The molecule has 0 aromatic rings. The highest BCUT2D eigenvalue weighted by Gasteiger charge is 2.24. The maximum atomic E-state index is 11.7. The Hall–Kier alpha value is -0.570. The molecule has 2 unspecified atom stereocenters. The highest BCUT2D eigenvalue weighted by molar-refractivity contribution is 5.81. The Kier molecular flexibility index (Phi) is 5.81. The Morgan fingerprint density at radius 2 is 2.06 bits per heavy atom. The fourth-order valence-electron chi connectivity index (χ4n) is 1.97. The molecule has 0 aromatic carbocycles. The van der Waals surface area contributed by atoms with E-state index in [0.717, 1.165) is 25.3 Å². The molecule has 0 heterocycles. The lowest BCUT2D eigenvalue weighted by molar-refractivity contribution is -0.122. The summed E-state index contributed by atoms with van der Waals surface area (Å²) in [5, 5.41) is 6.32. The van der Waals surface area contributed by atoms with Crippen LogP contribution in [0.4, 0.5) is 0 Å². The lowest BCUT2D eigenvalue weighted by atomic mass is 10.1. The molecule has 0 spiro atoms. The summed E-state index contributed by atoms with van der Waals surface area (Å²) in [7, 11) is 0. The molecule has 0 bridgehead atoms. The predicted octanol–water partition coefficient (Wildman–Crippen LogP) is 2.07. The molecule has 16 heavy (non-hydrogen) atoms. The van der Waals surface area contributed by atoms with Gasteiger partial charge < -0.3 is 10.6 Å². The van der Waals surface area contributed by atoms with Gasteiger partial charge in [-0.3, -0.25) is 4.79 Å². The van der Waals surface area contributed by atoms with Gasteiger partial charge in [0, 0.05) is 12.6 Å². The zero-order valence-electron chi connectivity index (χ0n) is 10.9. The molecule has 1 amide bonds. The number of amides is 1. The second-order valence-electron chi connectivity index (χ2n) is 5.11. The summed E-state index contributed by atoms with van der Waals surface area (Å²) in [6.07, 6.45) is 6.16. The van der Waals surface area contributed by atoms with Crippen molar-refractivity contribution in [3.8, 4) is 0 Å². The zero-order valence-corrected chi connectivity index (χ0v) is 10.9. The van der Waals surface area contributed by atoms with Crippen molar-refractivity contribution in [3.05, 3.63) is 0 Å². The van der Waals surface area contributed by atoms with Crippen molar-refractivity contribution in [1.82, 2.24) is 10.6 Å². The van der Waals surface area contributed by atoms with Crippen LogP contribution in [0.3, 0.4) is 0 Å². The highest BCUT2D eigenvalue weighted by Crippen LogP contribution is 2.33. The lowest BCUT2D eigenvalue weighted by Gasteiger charge is -2.19. The molecule has 1 fully saturated rings. The molecule has 3 heteroatoms. The molecule has 1 saturated carbocycles. The van der Waals surface area contributed by atoms with E-state index < -0.39 is 0 Å². The van der Waals surface area contributed by atoms with E-state index >= 15 is 0 Å². The van der Waals surface area contributed by atoms with Crippen molar-refractivity contribution in [1.29, 1.82) is 0 Å². The van der Waals surface area contributed by atoms with Crippen LogP contribution in [0.25, 0.3) is 0 Å². The van der Waals surface area contributed by atoms with E-state index in [1.807, 2.05) is 6.92 Å². The van der Waals surface area contributed by atoms with Crippen molar-refractivity contribution in [2.24, 2.45) is 5.92 Å². The van der Waals surface area contributed by atoms with Gasteiger partial charge in [0.2, 0.25) is 5.91 Å². The summed E-state index contributed by atoms with van der Waals surface area (Å²) in [5.74, 6) is 1.05. The monoisotopic (exact) mass is 226 g/mol. The smallest absolute Gasteiger partial charge is 0.236 e. The van der Waals surface area contributed by atoms with Gasteiger partial charge in [0.1, 0.15) is 0 Å². The summed E-state index contributed by atoms with van der Waals surface area (Å²) in [5.41, 5.74) is 0. The maximum absolute atomic E-state index is 11.7. The van der Waals surface area contributed by atoms with E-state index in [-0.39, 0.29) is 11.9 Å². The maximum Gasteiger partial charge on any atom is 0.236 e. The second-order valence-corrected chi connectivity index (χ2v) is 5.11. The molecule has 0 radical (unpaired) electrons. The van der Waals surface area contributed by atoms with E-state index in [0.29, 0.717) is 6.04 Å². The summed E-state index contributed by atoms with van der Waals surface area (Å²) >= 11 is 0. The number of carbonyl (C=O) groups excluding carboxylic acids is 1. The molecule has 2 N–H and O–H groups in total. The van der Waals surface area contributed by atoms with Crippen LogP contribution in [0.5, 0.6) is 0 Å². The van der Waals surface area contributed by atoms with E-state index in [9.17, 15) is 4.79 Å². The standard InChI is InChI=1S/C13H26N2O/c1-4-5-8-14-13(16)11(3)15-10(2)9-12-6-7-12/h10-12,15H,4-9H2,1-3H3,(H,14,16). The number of rotatable bonds is 8. The quantitative estimate of drug-likeness (QED) is 0.622. The first-order valence-electron chi connectivity index (χ1n) is 6.67. The molecule has 94 valence electrons. The average Bonchev–Trinajstić information content (AvgIpc) is 3.01. The van der Waals surface area contributed by atoms with Gasteiger partial charge in [-0.2, -0.15) is 0 Å². The van der Waals surface area contributed by atoms with Gasteiger partial charge in [-0.05, 0) is 32.6 Å². The molecular formula is C13H26N2O. The van der Waals surface area contributed by atoms with Crippen LogP contribution in [0.15, 0.2) is 0 Å². The van der Waals surface area contributed by atoms with Crippen molar-refractivity contribution < 1.29 is 4.79 Å². The number of carbonyl (C=O) groups is 1. The van der Waals surface area contributed by atoms with Crippen molar-refractivity contribution in [2.45, 2.75) is 65.0 Å². The lowest BCUT2D eigenvalue weighted by Crippen LogP contribution is -2.46. The molecular weight excluding hydrogens is 200 g/mol. The minimum atomic E-state index is -0.0643. The number of hydrogen-bond donors (Lipinski definition) is 2. The fourth-order valence-corrected chi connectivity index (χ4v) is 1.97. The van der Waals surface area contributed by atoms with Crippen LogP contribution in [-0.4, -0.2) is 24.5 Å². The van der Waals surface area contributed by atoms with Crippen LogP contribution in [0.1, 0.15) is 52.9 Å². The van der Waals surface area contributed by atoms with Gasteiger partial charge in [0.15, 0.2) is 0 Å². The number of unbranched alkanes of at least 4 members (excludes halogenated alkanes) is 1. The normalized spacial score (nSPS) is 19.2. The van der Waals surface area contributed by atoms with Crippen LogP contribution in [-0.2, 0) is 4.79 Å². The van der Waals surface area contributed by atoms with Crippen molar-refractivity contribution in [3.63, 3.8) is 0 Å². The molecule has 1 aliphatic carbocycles. The Labute approximate surface area is 99.4 Å². The molecule has 0 aromatic heterocycles. The first-order valence-corrected chi connectivity index (χ1v) is 6.67. The number of hydrogen-bond acceptors (Lipinski definition) is 2. The molecule has 1 rings (SSSR count). The van der Waals surface area contributed by atoms with Gasteiger partial charge in [0.25, 0.3) is 0 Å². The summed E-state index contributed by atoms with van der Waals surface area (Å²) in [6, 6.07) is 0.394. The highest BCUT2D eigenvalue weighted by atomic mass is 16.2. The molecule has 1 aliphatic rings. The third-order valence-electron chi connectivity index (χ3n) is 3.14. The summed E-state index contributed by atoms with van der Waals surface area (Å²) in [6.45, 7) is 7.06. The zero-order chi connectivity index (χ0) is 12.0.